The lowest BCUT2D eigenvalue weighted by atomic mass is 10.1. The predicted octanol–water partition coefficient (Wildman–Crippen LogP) is 4.50. The molecule has 23 heavy (non-hydrogen) atoms. The summed E-state index contributed by atoms with van der Waals surface area (Å²) in [4.78, 5) is 14.7. The number of hydrogen-bond acceptors (Lipinski definition) is 2. The van der Waals surface area contributed by atoms with Gasteiger partial charge in [-0.3, -0.25) is 9.69 Å². The van der Waals surface area contributed by atoms with Crippen molar-refractivity contribution < 1.29 is 4.79 Å². The van der Waals surface area contributed by atoms with Gasteiger partial charge in [-0.2, -0.15) is 0 Å². The first-order valence-electron chi connectivity index (χ1n) is 8.00. The summed E-state index contributed by atoms with van der Waals surface area (Å²) >= 11 is 6.08. The molecule has 1 N–H and O–H groups in total. The molecule has 0 unspecified atom stereocenters. The molecule has 0 bridgehead atoms. The first-order chi connectivity index (χ1) is 11.1. The molecule has 2 aromatic carbocycles. The second-order valence-corrected chi connectivity index (χ2v) is 6.51. The second kappa shape index (κ2) is 7.16. The Morgan fingerprint density at radius 1 is 1.13 bits per heavy atom. The van der Waals surface area contributed by atoms with Gasteiger partial charge in [0.05, 0.1) is 0 Å². The van der Waals surface area contributed by atoms with Crippen LogP contribution in [-0.4, -0.2) is 23.9 Å². The van der Waals surface area contributed by atoms with Crippen LogP contribution in [0.2, 0.25) is 5.02 Å². The van der Waals surface area contributed by atoms with Gasteiger partial charge in [-0.1, -0.05) is 29.8 Å². The lowest BCUT2D eigenvalue weighted by Crippen LogP contribution is -2.18. The molecule has 2 aromatic rings. The Bertz CT molecular complexity index is 691. The van der Waals surface area contributed by atoms with Gasteiger partial charge in [-0.25, -0.2) is 0 Å². The van der Waals surface area contributed by atoms with Crippen molar-refractivity contribution in [3.05, 3.63) is 64.2 Å². The maximum atomic E-state index is 12.3. The van der Waals surface area contributed by atoms with Crippen molar-refractivity contribution in [3.63, 3.8) is 0 Å². The summed E-state index contributed by atoms with van der Waals surface area (Å²) in [6.45, 7) is 5.28. The molecule has 1 amide bonds. The first kappa shape index (κ1) is 16.0. The Morgan fingerprint density at radius 2 is 1.83 bits per heavy atom. The van der Waals surface area contributed by atoms with Gasteiger partial charge in [-0.15, -0.1) is 0 Å². The number of aryl methyl sites for hydroxylation is 1. The summed E-state index contributed by atoms with van der Waals surface area (Å²) in [6, 6.07) is 13.4. The number of rotatable bonds is 4. The molecule has 0 atom stereocenters. The Kier molecular flexibility index (Phi) is 4.99. The zero-order valence-electron chi connectivity index (χ0n) is 13.3. The second-order valence-electron chi connectivity index (χ2n) is 6.10. The fourth-order valence-electron chi connectivity index (χ4n) is 2.83. The van der Waals surface area contributed by atoms with E-state index in [1.54, 1.807) is 12.1 Å². The summed E-state index contributed by atoms with van der Waals surface area (Å²) in [5.74, 6) is -0.140. The lowest BCUT2D eigenvalue weighted by Gasteiger charge is -2.14. The third-order valence-corrected chi connectivity index (χ3v) is 4.66. The lowest BCUT2D eigenvalue weighted by molar-refractivity contribution is 0.102. The van der Waals surface area contributed by atoms with Crippen LogP contribution in [0.15, 0.2) is 42.5 Å². The number of anilines is 1. The number of benzene rings is 2. The number of halogens is 1. The minimum absolute atomic E-state index is 0.140. The van der Waals surface area contributed by atoms with Gasteiger partial charge in [0.25, 0.3) is 5.91 Å². The number of carbonyl (C=O) groups is 1. The topological polar surface area (TPSA) is 32.3 Å². The Morgan fingerprint density at radius 3 is 2.48 bits per heavy atom. The van der Waals surface area contributed by atoms with E-state index in [0.717, 1.165) is 17.8 Å². The Balaban J connectivity index is 1.62. The molecular formula is C19H21ClN2O. The summed E-state index contributed by atoms with van der Waals surface area (Å²) in [7, 11) is 0. The van der Waals surface area contributed by atoms with Gasteiger partial charge in [0.15, 0.2) is 0 Å². The van der Waals surface area contributed by atoms with Crippen molar-refractivity contribution in [2.24, 2.45) is 0 Å². The molecule has 1 aliphatic heterocycles. The number of carbonyl (C=O) groups excluding carboxylic acids is 1. The van der Waals surface area contributed by atoms with E-state index < -0.39 is 0 Å². The van der Waals surface area contributed by atoms with E-state index >= 15 is 0 Å². The number of likely N-dealkylation sites (tertiary alicyclic amines) is 1. The molecule has 0 radical (unpaired) electrons. The smallest absolute Gasteiger partial charge is 0.255 e. The highest BCUT2D eigenvalue weighted by Crippen LogP contribution is 2.19. The van der Waals surface area contributed by atoms with Crippen LogP contribution in [0.3, 0.4) is 0 Å². The van der Waals surface area contributed by atoms with Crippen molar-refractivity contribution >= 4 is 23.2 Å². The minimum Gasteiger partial charge on any atom is -0.322 e. The quantitative estimate of drug-likeness (QED) is 0.896. The standard InChI is InChI=1S/C19H21ClN2O/c1-14-4-7-16(12-18(14)20)19(23)21-17-8-5-15(6-9-17)13-22-10-2-3-11-22/h4-9,12H,2-3,10-11,13H2,1H3,(H,21,23). The highest BCUT2D eigenvalue weighted by molar-refractivity contribution is 6.31. The molecule has 1 saturated heterocycles. The van der Waals surface area contributed by atoms with Crippen LogP contribution < -0.4 is 5.32 Å². The molecule has 1 fully saturated rings. The minimum atomic E-state index is -0.140. The zero-order valence-corrected chi connectivity index (χ0v) is 14.1. The van der Waals surface area contributed by atoms with Crippen LogP contribution in [0.25, 0.3) is 0 Å². The highest BCUT2D eigenvalue weighted by atomic mass is 35.5. The molecule has 0 aliphatic carbocycles. The van der Waals surface area contributed by atoms with Crippen molar-refractivity contribution in [1.82, 2.24) is 4.90 Å². The van der Waals surface area contributed by atoms with Gasteiger partial charge in [0.2, 0.25) is 0 Å². The highest BCUT2D eigenvalue weighted by Gasteiger charge is 2.12. The number of nitrogens with one attached hydrogen (secondary N) is 1. The molecule has 0 saturated carbocycles. The molecule has 0 aromatic heterocycles. The number of amides is 1. The van der Waals surface area contributed by atoms with E-state index in [-0.39, 0.29) is 5.91 Å². The van der Waals surface area contributed by atoms with E-state index in [0.29, 0.717) is 10.6 Å². The monoisotopic (exact) mass is 328 g/mol. The third kappa shape index (κ3) is 4.12. The zero-order chi connectivity index (χ0) is 16.2. The van der Waals surface area contributed by atoms with E-state index in [4.69, 9.17) is 11.6 Å². The van der Waals surface area contributed by atoms with E-state index in [9.17, 15) is 4.79 Å². The summed E-state index contributed by atoms with van der Waals surface area (Å²) < 4.78 is 0. The first-order valence-corrected chi connectivity index (χ1v) is 8.38. The normalized spacial score (nSPS) is 14.9. The van der Waals surface area contributed by atoms with Gasteiger partial charge in [-0.05, 0) is 68.2 Å². The number of hydrogen-bond donors (Lipinski definition) is 1. The van der Waals surface area contributed by atoms with Crippen molar-refractivity contribution in [1.29, 1.82) is 0 Å². The van der Waals surface area contributed by atoms with Crippen LogP contribution in [0.1, 0.15) is 34.3 Å². The maximum absolute atomic E-state index is 12.3. The van der Waals surface area contributed by atoms with Crippen molar-refractivity contribution in [3.8, 4) is 0 Å². The van der Waals surface area contributed by atoms with Crippen LogP contribution >= 0.6 is 11.6 Å². The van der Waals surface area contributed by atoms with Crippen LogP contribution in [0.4, 0.5) is 5.69 Å². The maximum Gasteiger partial charge on any atom is 0.255 e. The van der Waals surface area contributed by atoms with Gasteiger partial charge in [0, 0.05) is 22.8 Å². The van der Waals surface area contributed by atoms with E-state index in [2.05, 4.69) is 22.3 Å². The van der Waals surface area contributed by atoms with Crippen LogP contribution in [0.5, 0.6) is 0 Å². The average molecular weight is 329 g/mol. The molecule has 120 valence electrons. The van der Waals surface area contributed by atoms with Crippen molar-refractivity contribution in [2.75, 3.05) is 18.4 Å². The molecule has 3 nitrogen and oxygen atoms in total. The summed E-state index contributed by atoms with van der Waals surface area (Å²) in [5, 5.41) is 3.52. The van der Waals surface area contributed by atoms with Gasteiger partial charge in [0.1, 0.15) is 0 Å². The Labute approximate surface area is 142 Å². The fourth-order valence-corrected chi connectivity index (χ4v) is 3.01. The van der Waals surface area contributed by atoms with Gasteiger partial charge < -0.3 is 5.32 Å². The summed E-state index contributed by atoms with van der Waals surface area (Å²) in [6.07, 6.45) is 2.60. The van der Waals surface area contributed by atoms with E-state index in [1.807, 2.05) is 25.1 Å². The van der Waals surface area contributed by atoms with Crippen LogP contribution in [-0.2, 0) is 6.54 Å². The molecule has 1 aliphatic rings. The van der Waals surface area contributed by atoms with E-state index in [1.165, 1.54) is 31.5 Å². The molecular weight excluding hydrogens is 308 g/mol. The molecule has 1 heterocycles. The largest absolute Gasteiger partial charge is 0.322 e. The summed E-state index contributed by atoms with van der Waals surface area (Å²) in [5.41, 5.74) is 3.62. The third-order valence-electron chi connectivity index (χ3n) is 4.25. The van der Waals surface area contributed by atoms with Gasteiger partial charge >= 0.3 is 0 Å². The molecule has 0 spiro atoms. The molecule has 3 rings (SSSR count). The van der Waals surface area contributed by atoms with Crippen LogP contribution in [0, 0.1) is 6.92 Å². The average Bonchev–Trinajstić information content (AvgIpc) is 3.05. The van der Waals surface area contributed by atoms with Crippen molar-refractivity contribution in [2.45, 2.75) is 26.3 Å². The number of nitrogens with zero attached hydrogens (tertiary/aromatic N) is 1. The predicted molar refractivity (Wildman–Crippen MR) is 95.1 cm³/mol. The Hall–Kier alpha value is -1.84. The SMILES string of the molecule is Cc1ccc(C(=O)Nc2ccc(CN3CCCC3)cc2)cc1Cl. The fraction of sp³-hybridized carbons (Fsp3) is 0.316. The molecule has 4 heteroatoms.